The summed E-state index contributed by atoms with van der Waals surface area (Å²) in [5.74, 6) is 0.144. The Kier molecular flexibility index (Phi) is 2.27. The van der Waals surface area contributed by atoms with Crippen molar-refractivity contribution >= 4 is 11.4 Å². The maximum Gasteiger partial charge on any atom is 0.318 e. The molecule has 1 aromatic rings. The van der Waals surface area contributed by atoms with Gasteiger partial charge in [-0.05, 0) is 13.8 Å². The first-order valence-electron chi connectivity index (χ1n) is 4.95. The van der Waals surface area contributed by atoms with Crippen molar-refractivity contribution in [1.29, 1.82) is 0 Å². The second kappa shape index (κ2) is 3.41. The highest BCUT2D eigenvalue weighted by atomic mass is 16.6. The highest BCUT2D eigenvalue weighted by Gasteiger charge is 2.37. The summed E-state index contributed by atoms with van der Waals surface area (Å²) in [6, 6.07) is 2.26. The minimum Gasteiger partial charge on any atom is -0.480 e. The Bertz CT molecular complexity index is 524. The molecule has 0 saturated carbocycles. The standard InChI is InChI=1S/C10H10N2O5/c1-10(2)5-6-3-7(11(13)14)4-8(12(15)16)9(6)17-10/h3-4H,5H2,1-2H3. The Morgan fingerprint density at radius 1 is 1.24 bits per heavy atom. The van der Waals surface area contributed by atoms with Gasteiger partial charge in [0.1, 0.15) is 5.60 Å². The van der Waals surface area contributed by atoms with Gasteiger partial charge in [0.15, 0.2) is 0 Å². The predicted molar refractivity (Wildman–Crippen MR) is 58.2 cm³/mol. The normalized spacial score (nSPS) is 16.1. The molecule has 0 spiro atoms. The lowest BCUT2D eigenvalue weighted by molar-refractivity contribution is -0.394. The molecule has 0 aromatic heterocycles. The van der Waals surface area contributed by atoms with Crippen molar-refractivity contribution in [1.82, 2.24) is 0 Å². The molecule has 7 nitrogen and oxygen atoms in total. The molecule has 17 heavy (non-hydrogen) atoms. The summed E-state index contributed by atoms with van der Waals surface area (Å²) in [7, 11) is 0. The summed E-state index contributed by atoms with van der Waals surface area (Å²) in [6.07, 6.45) is 0.421. The molecule has 0 radical (unpaired) electrons. The maximum atomic E-state index is 10.8. The van der Waals surface area contributed by atoms with Gasteiger partial charge >= 0.3 is 5.69 Å². The quantitative estimate of drug-likeness (QED) is 0.581. The van der Waals surface area contributed by atoms with E-state index < -0.39 is 15.4 Å². The molecule has 1 heterocycles. The third-order valence-electron chi connectivity index (χ3n) is 2.53. The zero-order chi connectivity index (χ0) is 12.8. The topological polar surface area (TPSA) is 95.5 Å². The molecular formula is C10H10N2O5. The monoisotopic (exact) mass is 238 g/mol. The summed E-state index contributed by atoms with van der Waals surface area (Å²) < 4.78 is 5.46. The summed E-state index contributed by atoms with van der Waals surface area (Å²) in [5, 5.41) is 21.5. The average molecular weight is 238 g/mol. The predicted octanol–water partition coefficient (Wildman–Crippen LogP) is 2.22. The highest BCUT2D eigenvalue weighted by Crippen LogP contribution is 2.43. The number of non-ortho nitro benzene ring substituents is 1. The van der Waals surface area contributed by atoms with E-state index in [2.05, 4.69) is 0 Å². The SMILES string of the molecule is CC1(C)Cc2cc([N+](=O)[O-])cc([N+](=O)[O-])c2O1. The van der Waals surface area contributed by atoms with Crippen molar-refractivity contribution in [2.24, 2.45) is 0 Å². The molecule has 1 aliphatic heterocycles. The van der Waals surface area contributed by atoms with Crippen molar-refractivity contribution in [3.05, 3.63) is 37.9 Å². The zero-order valence-corrected chi connectivity index (χ0v) is 9.30. The lowest BCUT2D eigenvalue weighted by Gasteiger charge is -2.16. The van der Waals surface area contributed by atoms with Gasteiger partial charge in [-0.25, -0.2) is 0 Å². The van der Waals surface area contributed by atoms with E-state index in [4.69, 9.17) is 4.74 Å². The number of nitrogens with zero attached hydrogens (tertiary/aromatic N) is 2. The van der Waals surface area contributed by atoms with Gasteiger partial charge in [0, 0.05) is 18.1 Å². The van der Waals surface area contributed by atoms with Crippen LogP contribution in [0.25, 0.3) is 0 Å². The average Bonchev–Trinajstić information content (AvgIpc) is 2.49. The first kappa shape index (κ1) is 11.3. The van der Waals surface area contributed by atoms with Gasteiger partial charge in [0.2, 0.25) is 5.75 Å². The number of rotatable bonds is 2. The van der Waals surface area contributed by atoms with Gasteiger partial charge in [-0.15, -0.1) is 0 Å². The third-order valence-corrected chi connectivity index (χ3v) is 2.53. The zero-order valence-electron chi connectivity index (χ0n) is 9.30. The summed E-state index contributed by atoms with van der Waals surface area (Å²) in [6.45, 7) is 3.56. The Hall–Kier alpha value is -2.18. The lowest BCUT2D eigenvalue weighted by atomic mass is 10.0. The smallest absolute Gasteiger partial charge is 0.318 e. The third kappa shape index (κ3) is 1.91. The number of hydrogen-bond acceptors (Lipinski definition) is 5. The van der Waals surface area contributed by atoms with Crippen molar-refractivity contribution in [3.63, 3.8) is 0 Å². The van der Waals surface area contributed by atoms with E-state index in [1.54, 1.807) is 13.8 Å². The van der Waals surface area contributed by atoms with Crippen LogP contribution in [0.15, 0.2) is 12.1 Å². The molecule has 0 fully saturated rings. The van der Waals surface area contributed by atoms with Crippen molar-refractivity contribution in [2.75, 3.05) is 0 Å². The number of hydrogen-bond donors (Lipinski definition) is 0. The molecule has 1 aliphatic rings. The number of nitro benzene ring substituents is 2. The molecule has 0 saturated heterocycles. The van der Waals surface area contributed by atoms with E-state index in [1.807, 2.05) is 0 Å². The fraction of sp³-hybridized carbons (Fsp3) is 0.400. The number of ether oxygens (including phenoxy) is 1. The van der Waals surface area contributed by atoms with E-state index >= 15 is 0 Å². The highest BCUT2D eigenvalue weighted by molar-refractivity contribution is 5.60. The Morgan fingerprint density at radius 3 is 2.41 bits per heavy atom. The van der Waals surface area contributed by atoms with Gasteiger partial charge in [-0.3, -0.25) is 20.2 Å². The molecule has 0 atom stereocenters. The Labute approximate surface area is 96.3 Å². The van der Waals surface area contributed by atoms with E-state index in [-0.39, 0.29) is 17.1 Å². The van der Waals surface area contributed by atoms with Crippen LogP contribution in [0, 0.1) is 20.2 Å². The molecule has 0 aliphatic carbocycles. The maximum absolute atomic E-state index is 10.8. The van der Waals surface area contributed by atoms with Crippen LogP contribution in [0.1, 0.15) is 19.4 Å². The first-order valence-corrected chi connectivity index (χ1v) is 4.95. The number of fused-ring (bicyclic) bond motifs is 1. The van der Waals surface area contributed by atoms with Gasteiger partial charge in [0.25, 0.3) is 5.69 Å². The van der Waals surface area contributed by atoms with Crippen molar-refractivity contribution in [2.45, 2.75) is 25.9 Å². The molecule has 0 unspecified atom stereocenters. The molecule has 0 N–H and O–H groups in total. The van der Waals surface area contributed by atoms with E-state index in [1.165, 1.54) is 6.07 Å². The van der Waals surface area contributed by atoms with E-state index in [0.717, 1.165) is 6.07 Å². The number of benzene rings is 1. The largest absolute Gasteiger partial charge is 0.480 e. The fourth-order valence-electron chi connectivity index (χ4n) is 1.92. The van der Waals surface area contributed by atoms with Crippen LogP contribution in [0.4, 0.5) is 11.4 Å². The van der Waals surface area contributed by atoms with Gasteiger partial charge < -0.3 is 4.74 Å². The number of nitro groups is 2. The Balaban J connectivity index is 2.62. The van der Waals surface area contributed by atoms with Crippen LogP contribution in [0.5, 0.6) is 5.75 Å². The molecule has 0 bridgehead atoms. The molecule has 1 aromatic carbocycles. The van der Waals surface area contributed by atoms with Gasteiger partial charge in [-0.1, -0.05) is 0 Å². The fourth-order valence-corrected chi connectivity index (χ4v) is 1.92. The van der Waals surface area contributed by atoms with Crippen LogP contribution in [-0.2, 0) is 6.42 Å². The van der Waals surface area contributed by atoms with Gasteiger partial charge in [-0.2, -0.15) is 0 Å². The second-order valence-electron chi connectivity index (χ2n) is 4.51. The van der Waals surface area contributed by atoms with Crippen molar-refractivity contribution < 1.29 is 14.6 Å². The molecule has 90 valence electrons. The van der Waals surface area contributed by atoms with Crippen LogP contribution >= 0.6 is 0 Å². The minimum absolute atomic E-state index is 0.144. The van der Waals surface area contributed by atoms with Crippen molar-refractivity contribution in [3.8, 4) is 5.75 Å². The Morgan fingerprint density at radius 2 is 1.88 bits per heavy atom. The summed E-state index contributed by atoms with van der Waals surface area (Å²) in [5.41, 5.74) is -0.685. The van der Waals surface area contributed by atoms with Gasteiger partial charge in [0.05, 0.1) is 15.9 Å². The lowest BCUT2D eigenvalue weighted by Crippen LogP contribution is -2.24. The van der Waals surface area contributed by atoms with Crippen LogP contribution in [0.2, 0.25) is 0 Å². The van der Waals surface area contributed by atoms with Crippen LogP contribution in [-0.4, -0.2) is 15.4 Å². The molecule has 7 heteroatoms. The second-order valence-corrected chi connectivity index (χ2v) is 4.51. The molecular weight excluding hydrogens is 228 g/mol. The van der Waals surface area contributed by atoms with Crippen LogP contribution < -0.4 is 4.74 Å². The molecule has 2 rings (SSSR count). The first-order chi connectivity index (χ1) is 7.80. The minimum atomic E-state index is -0.659. The summed E-state index contributed by atoms with van der Waals surface area (Å²) >= 11 is 0. The van der Waals surface area contributed by atoms with E-state index in [9.17, 15) is 20.2 Å². The molecule has 0 amide bonds. The van der Waals surface area contributed by atoms with Crippen LogP contribution in [0.3, 0.4) is 0 Å². The van der Waals surface area contributed by atoms with E-state index in [0.29, 0.717) is 12.0 Å². The summed E-state index contributed by atoms with van der Waals surface area (Å²) in [4.78, 5) is 20.2.